The van der Waals surface area contributed by atoms with Gasteiger partial charge in [0.1, 0.15) is 18.2 Å². The highest BCUT2D eigenvalue weighted by atomic mass is 16.5. The second kappa shape index (κ2) is 5.95. The molecule has 7 nitrogen and oxygen atoms in total. The minimum atomic E-state index is -1.35. The van der Waals surface area contributed by atoms with Crippen molar-refractivity contribution in [1.29, 1.82) is 5.41 Å². The van der Waals surface area contributed by atoms with E-state index in [1.165, 1.54) is 0 Å². The van der Waals surface area contributed by atoms with Crippen LogP contribution in [0.3, 0.4) is 0 Å². The van der Waals surface area contributed by atoms with Crippen LogP contribution in [-0.2, 0) is 9.53 Å². The maximum absolute atomic E-state index is 11.4. The van der Waals surface area contributed by atoms with Crippen molar-refractivity contribution in [1.82, 2.24) is 5.32 Å². The van der Waals surface area contributed by atoms with Gasteiger partial charge in [0.25, 0.3) is 0 Å². The van der Waals surface area contributed by atoms with Gasteiger partial charge in [0.2, 0.25) is 11.8 Å². The molecule has 1 rings (SSSR count). The van der Waals surface area contributed by atoms with Gasteiger partial charge in [0.05, 0.1) is 6.61 Å². The number of hydrogen-bond acceptors (Lipinski definition) is 6. The van der Waals surface area contributed by atoms with E-state index in [0.717, 1.165) is 0 Å². The predicted molar refractivity (Wildman–Crippen MR) is 58.5 cm³/mol. The van der Waals surface area contributed by atoms with E-state index in [-0.39, 0.29) is 18.2 Å². The van der Waals surface area contributed by atoms with Crippen molar-refractivity contribution in [3.05, 3.63) is 0 Å². The number of carbonyl (C=O) groups is 1. The third-order valence-corrected chi connectivity index (χ3v) is 2.61. The van der Waals surface area contributed by atoms with E-state index >= 15 is 0 Å². The summed E-state index contributed by atoms with van der Waals surface area (Å²) in [4.78, 5) is 11.4. The molecule has 0 radical (unpaired) electrons. The number of nitrogens with one attached hydrogen (secondary N) is 2. The van der Waals surface area contributed by atoms with Gasteiger partial charge in [0.15, 0.2) is 6.10 Å². The summed E-state index contributed by atoms with van der Waals surface area (Å²) in [5.74, 6) is -0.675. The molecule has 98 valence electrons. The zero-order valence-corrected chi connectivity index (χ0v) is 9.59. The van der Waals surface area contributed by atoms with Gasteiger partial charge in [0, 0.05) is 6.42 Å². The molecule has 0 aromatic carbocycles. The zero-order valence-electron chi connectivity index (χ0n) is 9.59. The topological polar surface area (TPSA) is 123 Å². The first-order chi connectivity index (χ1) is 8.01. The van der Waals surface area contributed by atoms with Crippen LogP contribution in [0, 0.1) is 5.41 Å². The zero-order chi connectivity index (χ0) is 13.0. The Labute approximate surface area is 98.9 Å². The minimum Gasteiger partial charge on any atom is -0.471 e. The third-order valence-electron chi connectivity index (χ3n) is 2.61. The van der Waals surface area contributed by atoms with E-state index in [4.69, 9.17) is 15.3 Å². The number of aliphatic hydroxyl groups excluding tert-OH is 3. The van der Waals surface area contributed by atoms with E-state index in [0.29, 0.717) is 6.42 Å². The van der Waals surface area contributed by atoms with Crippen molar-refractivity contribution in [3.8, 4) is 0 Å². The molecule has 1 amide bonds. The standard InChI is InChI=1S/C10H18N2O5/c1-2-3-6(14)12-7-9(16)8(15)5(4-13)17-10(7)11/h5,7-9,11,13,15-16H,2-4H2,1H3,(H,12,14)/t5-,7+,8-,9-/m1/s1. The molecule has 0 aliphatic carbocycles. The van der Waals surface area contributed by atoms with E-state index in [1.807, 2.05) is 6.92 Å². The van der Waals surface area contributed by atoms with Gasteiger partial charge in [-0.05, 0) is 6.42 Å². The van der Waals surface area contributed by atoms with Crippen LogP contribution in [-0.4, -0.2) is 58.1 Å². The summed E-state index contributed by atoms with van der Waals surface area (Å²) in [5, 5.41) is 38.1. The number of hydrogen-bond donors (Lipinski definition) is 5. The minimum absolute atomic E-state index is 0.274. The first kappa shape index (κ1) is 13.9. The highest BCUT2D eigenvalue weighted by molar-refractivity contribution is 5.87. The van der Waals surface area contributed by atoms with Crippen LogP contribution < -0.4 is 5.32 Å². The molecule has 0 aromatic rings. The molecule has 1 heterocycles. The second-order valence-corrected chi connectivity index (χ2v) is 3.98. The van der Waals surface area contributed by atoms with Gasteiger partial charge in [-0.1, -0.05) is 6.92 Å². The van der Waals surface area contributed by atoms with Gasteiger partial charge in [-0.25, -0.2) is 0 Å². The fourth-order valence-electron chi connectivity index (χ4n) is 1.65. The Kier molecular flexibility index (Phi) is 4.86. The highest BCUT2D eigenvalue weighted by Crippen LogP contribution is 2.17. The van der Waals surface area contributed by atoms with E-state index < -0.39 is 31.0 Å². The lowest BCUT2D eigenvalue weighted by atomic mass is 9.97. The SMILES string of the molecule is CCCC(=O)N[C@@H]1C(=N)O[C@H](CO)[C@@H](O)[C@@H]1O. The monoisotopic (exact) mass is 246 g/mol. The number of ether oxygens (including phenoxy) is 1. The number of rotatable bonds is 4. The average molecular weight is 246 g/mol. The van der Waals surface area contributed by atoms with Crippen molar-refractivity contribution in [2.75, 3.05) is 6.61 Å². The fraction of sp³-hybridized carbons (Fsp3) is 0.800. The van der Waals surface area contributed by atoms with Crippen LogP contribution in [0.1, 0.15) is 19.8 Å². The summed E-state index contributed by atoms with van der Waals surface area (Å²) in [7, 11) is 0. The molecule has 1 fully saturated rings. The number of amides is 1. The highest BCUT2D eigenvalue weighted by Gasteiger charge is 2.42. The van der Waals surface area contributed by atoms with Crippen LogP contribution in [0.25, 0.3) is 0 Å². The fourth-order valence-corrected chi connectivity index (χ4v) is 1.65. The molecule has 4 atom stereocenters. The Hall–Kier alpha value is -1.18. The number of aliphatic hydroxyl groups is 3. The van der Waals surface area contributed by atoms with Crippen molar-refractivity contribution in [2.45, 2.75) is 44.1 Å². The number of carbonyl (C=O) groups excluding carboxylic acids is 1. The molecule has 5 N–H and O–H groups in total. The first-order valence-electron chi connectivity index (χ1n) is 5.52. The lowest BCUT2D eigenvalue weighted by molar-refractivity contribution is -0.127. The maximum atomic E-state index is 11.4. The van der Waals surface area contributed by atoms with Crippen molar-refractivity contribution >= 4 is 11.8 Å². The van der Waals surface area contributed by atoms with Gasteiger partial charge < -0.3 is 25.4 Å². The van der Waals surface area contributed by atoms with Crippen LogP contribution in [0.2, 0.25) is 0 Å². The maximum Gasteiger partial charge on any atom is 0.220 e. The summed E-state index contributed by atoms with van der Waals surface area (Å²) >= 11 is 0. The summed E-state index contributed by atoms with van der Waals surface area (Å²) < 4.78 is 4.92. The Morgan fingerprint density at radius 1 is 1.47 bits per heavy atom. The molecular weight excluding hydrogens is 228 g/mol. The smallest absolute Gasteiger partial charge is 0.220 e. The Morgan fingerprint density at radius 3 is 2.65 bits per heavy atom. The molecule has 0 spiro atoms. The summed E-state index contributed by atoms with van der Waals surface area (Å²) in [5.41, 5.74) is 0. The van der Waals surface area contributed by atoms with E-state index in [9.17, 15) is 15.0 Å². The normalized spacial score (nSPS) is 33.1. The molecule has 1 aliphatic heterocycles. The lowest BCUT2D eigenvalue weighted by Crippen LogP contribution is -2.62. The molecule has 17 heavy (non-hydrogen) atoms. The van der Waals surface area contributed by atoms with E-state index in [2.05, 4.69) is 5.32 Å². The predicted octanol–water partition coefficient (Wildman–Crippen LogP) is -1.64. The quantitative estimate of drug-likeness (QED) is 0.407. The van der Waals surface area contributed by atoms with Gasteiger partial charge in [-0.15, -0.1) is 0 Å². The third kappa shape index (κ3) is 3.15. The first-order valence-corrected chi connectivity index (χ1v) is 5.52. The largest absolute Gasteiger partial charge is 0.471 e. The van der Waals surface area contributed by atoms with Crippen molar-refractivity contribution in [3.63, 3.8) is 0 Å². The molecule has 1 saturated heterocycles. The van der Waals surface area contributed by atoms with Crippen molar-refractivity contribution < 1.29 is 24.9 Å². The van der Waals surface area contributed by atoms with E-state index in [1.54, 1.807) is 0 Å². The molecule has 0 unspecified atom stereocenters. The Morgan fingerprint density at radius 2 is 2.12 bits per heavy atom. The molecular formula is C10H18N2O5. The summed E-state index contributed by atoms with van der Waals surface area (Å²) in [6.45, 7) is 1.32. The van der Waals surface area contributed by atoms with Gasteiger partial charge in [-0.3, -0.25) is 10.2 Å². The lowest BCUT2D eigenvalue weighted by Gasteiger charge is -2.37. The van der Waals surface area contributed by atoms with Crippen LogP contribution >= 0.6 is 0 Å². The molecule has 7 heteroatoms. The van der Waals surface area contributed by atoms with Crippen molar-refractivity contribution in [2.24, 2.45) is 0 Å². The van der Waals surface area contributed by atoms with Crippen LogP contribution in [0.5, 0.6) is 0 Å². The molecule has 0 saturated carbocycles. The van der Waals surface area contributed by atoms with Gasteiger partial charge >= 0.3 is 0 Å². The summed E-state index contributed by atoms with van der Waals surface area (Å²) in [6.07, 6.45) is -2.80. The molecule has 0 aromatic heterocycles. The Balaban J connectivity index is 2.66. The summed E-state index contributed by atoms with van der Waals surface area (Å²) in [6, 6.07) is -1.06. The molecule has 0 bridgehead atoms. The van der Waals surface area contributed by atoms with Crippen LogP contribution in [0.4, 0.5) is 0 Å². The Bertz CT molecular complexity index is 296. The second-order valence-electron chi connectivity index (χ2n) is 3.98. The molecule has 1 aliphatic rings. The van der Waals surface area contributed by atoms with Crippen LogP contribution in [0.15, 0.2) is 0 Å². The van der Waals surface area contributed by atoms with Gasteiger partial charge in [-0.2, -0.15) is 0 Å². The average Bonchev–Trinajstić information content (AvgIpc) is 2.29.